The third kappa shape index (κ3) is 1.01. The third-order valence-electron chi connectivity index (χ3n) is 1.55. The Labute approximate surface area is 65.8 Å². The summed E-state index contributed by atoms with van der Waals surface area (Å²) in [7, 11) is 0. The Balaban J connectivity index is 3.60. The minimum Gasteiger partial charge on any atom is -0.396 e. The molecule has 0 unspecified atom stereocenters. The standard InChI is InChI=1S/C7H5F4N/c1-2-3(8)4(9)5(10)6(11)7(2)12/h12H2,1H3. The van der Waals surface area contributed by atoms with Crippen LogP contribution in [0.25, 0.3) is 0 Å². The van der Waals surface area contributed by atoms with Crippen LogP contribution in [0.4, 0.5) is 23.2 Å². The van der Waals surface area contributed by atoms with E-state index in [-0.39, 0.29) is 0 Å². The van der Waals surface area contributed by atoms with Crippen LogP contribution < -0.4 is 5.73 Å². The second kappa shape index (κ2) is 2.66. The van der Waals surface area contributed by atoms with Crippen LogP contribution in [0, 0.1) is 30.2 Å². The predicted octanol–water partition coefficient (Wildman–Crippen LogP) is 2.13. The minimum atomic E-state index is -1.88. The predicted molar refractivity (Wildman–Crippen MR) is 35.4 cm³/mol. The molecule has 0 aromatic heterocycles. The molecule has 0 heterocycles. The molecule has 0 spiro atoms. The van der Waals surface area contributed by atoms with Gasteiger partial charge in [0.05, 0.1) is 5.69 Å². The highest BCUT2D eigenvalue weighted by atomic mass is 19.2. The number of anilines is 1. The Bertz CT molecular complexity index is 230. The van der Waals surface area contributed by atoms with Gasteiger partial charge in [0, 0.05) is 5.56 Å². The Hall–Kier alpha value is -1.26. The fourth-order valence-corrected chi connectivity index (χ4v) is 0.758. The van der Waals surface area contributed by atoms with Gasteiger partial charge in [-0.2, -0.15) is 0 Å². The molecule has 5 heteroatoms. The number of nitrogen functional groups attached to an aromatic ring is 1. The number of rotatable bonds is 0. The normalized spacial score (nSPS) is 10.4. The van der Waals surface area contributed by atoms with Gasteiger partial charge in [0.25, 0.3) is 0 Å². The molecule has 12 heavy (non-hydrogen) atoms. The monoisotopic (exact) mass is 179 g/mol. The fraction of sp³-hybridized carbons (Fsp3) is 0.143. The molecular weight excluding hydrogens is 174 g/mol. The molecule has 1 aromatic rings. The summed E-state index contributed by atoms with van der Waals surface area (Å²) in [6.07, 6.45) is 0. The zero-order valence-corrected chi connectivity index (χ0v) is 6.09. The molecule has 0 atom stereocenters. The van der Waals surface area contributed by atoms with Gasteiger partial charge in [0.15, 0.2) is 23.3 Å². The highest BCUT2D eigenvalue weighted by Crippen LogP contribution is 2.24. The lowest BCUT2D eigenvalue weighted by atomic mass is 10.1. The lowest BCUT2D eigenvalue weighted by Crippen LogP contribution is -2.05. The molecule has 0 radical (unpaired) electrons. The number of benzene rings is 1. The molecular formula is C7H5F4N. The SMILES string of the molecule is Cc1c(N)c(F)c(F)c(F)c1F. The maximum absolute atomic E-state index is 12.6. The van der Waals surface area contributed by atoms with E-state index in [0.717, 1.165) is 6.92 Å². The van der Waals surface area contributed by atoms with Gasteiger partial charge in [-0.15, -0.1) is 0 Å². The average molecular weight is 179 g/mol. The van der Waals surface area contributed by atoms with Crippen LogP contribution in [0.1, 0.15) is 5.56 Å². The summed E-state index contributed by atoms with van der Waals surface area (Å²) in [5, 5.41) is 0. The third-order valence-corrected chi connectivity index (χ3v) is 1.55. The second-order valence-electron chi connectivity index (χ2n) is 2.29. The molecule has 0 bridgehead atoms. The topological polar surface area (TPSA) is 26.0 Å². The highest BCUT2D eigenvalue weighted by Gasteiger charge is 2.20. The lowest BCUT2D eigenvalue weighted by Gasteiger charge is -2.04. The molecule has 66 valence electrons. The molecule has 2 N–H and O–H groups in total. The maximum Gasteiger partial charge on any atom is 0.199 e. The molecule has 0 saturated carbocycles. The van der Waals surface area contributed by atoms with E-state index in [2.05, 4.69) is 0 Å². The van der Waals surface area contributed by atoms with Crippen LogP contribution >= 0.6 is 0 Å². The highest BCUT2D eigenvalue weighted by molar-refractivity contribution is 5.48. The Morgan fingerprint density at radius 1 is 0.833 bits per heavy atom. The van der Waals surface area contributed by atoms with Crippen molar-refractivity contribution in [3.63, 3.8) is 0 Å². The van der Waals surface area contributed by atoms with Crippen molar-refractivity contribution < 1.29 is 17.6 Å². The van der Waals surface area contributed by atoms with Gasteiger partial charge >= 0.3 is 0 Å². The van der Waals surface area contributed by atoms with E-state index in [1.54, 1.807) is 0 Å². The minimum absolute atomic E-state index is 0.425. The van der Waals surface area contributed by atoms with Crippen LogP contribution in [0.3, 0.4) is 0 Å². The van der Waals surface area contributed by atoms with Crippen LogP contribution in [-0.4, -0.2) is 0 Å². The first kappa shape index (κ1) is 8.83. The van der Waals surface area contributed by atoms with Gasteiger partial charge < -0.3 is 5.73 Å². The Morgan fingerprint density at radius 3 is 1.75 bits per heavy atom. The Morgan fingerprint density at radius 2 is 1.25 bits per heavy atom. The first-order valence-electron chi connectivity index (χ1n) is 3.04. The molecule has 0 aliphatic heterocycles. The largest absolute Gasteiger partial charge is 0.396 e. The van der Waals surface area contributed by atoms with Crippen LogP contribution in [0.15, 0.2) is 0 Å². The maximum atomic E-state index is 12.6. The summed E-state index contributed by atoms with van der Waals surface area (Å²) in [5.41, 5.74) is 3.80. The van der Waals surface area contributed by atoms with Crippen molar-refractivity contribution in [1.29, 1.82) is 0 Å². The van der Waals surface area contributed by atoms with Crippen molar-refractivity contribution in [1.82, 2.24) is 0 Å². The first-order valence-corrected chi connectivity index (χ1v) is 3.04. The van der Waals surface area contributed by atoms with Crippen molar-refractivity contribution in [3.8, 4) is 0 Å². The van der Waals surface area contributed by atoms with E-state index < -0.39 is 34.5 Å². The summed E-state index contributed by atoms with van der Waals surface area (Å²) in [4.78, 5) is 0. The van der Waals surface area contributed by atoms with Gasteiger partial charge in [-0.25, -0.2) is 17.6 Å². The van der Waals surface area contributed by atoms with Gasteiger partial charge in [-0.05, 0) is 6.92 Å². The van der Waals surface area contributed by atoms with Crippen molar-refractivity contribution in [3.05, 3.63) is 28.8 Å². The molecule has 0 amide bonds. The fourth-order valence-electron chi connectivity index (χ4n) is 0.758. The van der Waals surface area contributed by atoms with E-state index in [1.165, 1.54) is 0 Å². The first-order chi connectivity index (χ1) is 5.46. The number of hydrogen-bond donors (Lipinski definition) is 1. The average Bonchev–Trinajstić information content (AvgIpc) is 2.08. The molecule has 1 aromatic carbocycles. The van der Waals surface area contributed by atoms with Crippen molar-refractivity contribution in [2.24, 2.45) is 0 Å². The number of hydrogen-bond acceptors (Lipinski definition) is 1. The van der Waals surface area contributed by atoms with E-state index in [0.29, 0.717) is 0 Å². The summed E-state index contributed by atoms with van der Waals surface area (Å²) in [6, 6.07) is 0. The van der Waals surface area contributed by atoms with Gasteiger partial charge in [0.1, 0.15) is 0 Å². The van der Waals surface area contributed by atoms with Gasteiger partial charge in [0.2, 0.25) is 0 Å². The van der Waals surface area contributed by atoms with E-state index in [1.807, 2.05) is 0 Å². The molecule has 0 aliphatic carbocycles. The molecule has 0 saturated heterocycles. The summed E-state index contributed by atoms with van der Waals surface area (Å²) < 4.78 is 49.8. The van der Waals surface area contributed by atoms with Crippen LogP contribution in [0.5, 0.6) is 0 Å². The Kier molecular flexibility index (Phi) is 1.95. The molecule has 1 nitrogen and oxygen atoms in total. The summed E-state index contributed by atoms with van der Waals surface area (Å²) in [6.45, 7) is 1.07. The summed E-state index contributed by atoms with van der Waals surface area (Å²) >= 11 is 0. The molecule has 0 aliphatic rings. The van der Waals surface area contributed by atoms with Gasteiger partial charge in [-0.3, -0.25) is 0 Å². The van der Waals surface area contributed by atoms with Crippen LogP contribution in [-0.2, 0) is 0 Å². The van der Waals surface area contributed by atoms with E-state index in [9.17, 15) is 17.6 Å². The zero-order valence-electron chi connectivity index (χ0n) is 6.09. The quantitative estimate of drug-likeness (QED) is 0.281. The second-order valence-corrected chi connectivity index (χ2v) is 2.29. The van der Waals surface area contributed by atoms with Crippen molar-refractivity contribution in [2.45, 2.75) is 6.92 Å². The van der Waals surface area contributed by atoms with E-state index >= 15 is 0 Å². The number of halogens is 4. The lowest BCUT2D eigenvalue weighted by molar-refractivity contribution is 0.408. The van der Waals surface area contributed by atoms with Crippen molar-refractivity contribution >= 4 is 5.69 Å². The zero-order chi connectivity index (χ0) is 9.46. The van der Waals surface area contributed by atoms with Gasteiger partial charge in [-0.1, -0.05) is 0 Å². The van der Waals surface area contributed by atoms with Crippen LogP contribution in [0.2, 0.25) is 0 Å². The van der Waals surface area contributed by atoms with E-state index in [4.69, 9.17) is 5.73 Å². The number of nitrogens with two attached hydrogens (primary N) is 1. The molecule has 1 rings (SSSR count). The van der Waals surface area contributed by atoms with Crippen molar-refractivity contribution in [2.75, 3.05) is 5.73 Å². The summed E-state index contributed by atoms with van der Waals surface area (Å²) in [5.74, 6) is -6.72. The smallest absolute Gasteiger partial charge is 0.199 e. The molecule has 0 fully saturated rings.